The molecule has 0 spiro atoms. The predicted molar refractivity (Wildman–Crippen MR) is 98.2 cm³/mol. The van der Waals surface area contributed by atoms with Gasteiger partial charge in [0.25, 0.3) is 10.2 Å². The number of aromatic nitrogens is 4. The molecule has 2 saturated heterocycles. The third-order valence-electron chi connectivity index (χ3n) is 5.15. The summed E-state index contributed by atoms with van der Waals surface area (Å²) in [5.41, 5.74) is 0.730. The fourth-order valence-electron chi connectivity index (χ4n) is 3.54. The first-order chi connectivity index (χ1) is 12.5. The highest BCUT2D eigenvalue weighted by Gasteiger charge is 2.31. The van der Waals surface area contributed by atoms with Crippen molar-refractivity contribution in [1.29, 1.82) is 0 Å². The van der Waals surface area contributed by atoms with Crippen LogP contribution in [0.15, 0.2) is 12.1 Å². The number of rotatable bonds is 5. The Balaban J connectivity index is 1.31. The van der Waals surface area contributed by atoms with Gasteiger partial charge in [0.2, 0.25) is 0 Å². The Morgan fingerprint density at radius 3 is 2.58 bits per heavy atom. The van der Waals surface area contributed by atoms with Gasteiger partial charge in [0.05, 0.1) is 0 Å². The van der Waals surface area contributed by atoms with E-state index < -0.39 is 10.2 Å². The van der Waals surface area contributed by atoms with E-state index in [-0.39, 0.29) is 0 Å². The van der Waals surface area contributed by atoms with E-state index in [1.165, 1.54) is 0 Å². The Morgan fingerprint density at radius 1 is 1.12 bits per heavy atom. The third kappa shape index (κ3) is 3.53. The summed E-state index contributed by atoms with van der Waals surface area (Å²) in [6.45, 7) is 5.20. The topological polar surface area (TPSA) is 95.7 Å². The van der Waals surface area contributed by atoms with E-state index in [1.807, 2.05) is 19.1 Å². The molecule has 4 rings (SSSR count). The molecule has 0 bridgehead atoms. The Bertz CT molecular complexity index is 868. The third-order valence-corrected chi connectivity index (χ3v) is 6.72. The number of hydrogen-bond acceptors (Lipinski definition) is 6. The molecule has 2 aromatic rings. The molecule has 1 N–H and O–H groups in total. The lowest BCUT2D eigenvalue weighted by Crippen LogP contribution is -2.53. The van der Waals surface area contributed by atoms with Gasteiger partial charge in [0, 0.05) is 38.6 Å². The summed E-state index contributed by atoms with van der Waals surface area (Å²) >= 11 is 0. The van der Waals surface area contributed by atoms with E-state index in [2.05, 4.69) is 24.9 Å². The Morgan fingerprint density at radius 2 is 1.85 bits per heavy atom. The molecule has 0 aromatic carbocycles. The fourth-order valence-corrected chi connectivity index (χ4v) is 4.91. The predicted octanol–water partition coefficient (Wildman–Crippen LogP) is 0.579. The molecule has 2 aliphatic heterocycles. The number of anilines is 1. The summed E-state index contributed by atoms with van der Waals surface area (Å²) in [7, 11) is -3.36. The zero-order valence-corrected chi connectivity index (χ0v) is 15.8. The minimum atomic E-state index is -3.36. The largest absolute Gasteiger partial charge is 0.354 e. The normalized spacial score (nSPS) is 20.3. The molecule has 0 radical (unpaired) electrons. The number of nitrogens with one attached hydrogen (secondary N) is 1. The van der Waals surface area contributed by atoms with Crippen LogP contribution in [-0.4, -0.2) is 65.3 Å². The van der Waals surface area contributed by atoms with Crippen LogP contribution in [0, 0.1) is 12.8 Å². The molecular weight excluding hydrogens is 354 g/mol. The number of hydrogen-bond donors (Lipinski definition) is 1. The molecule has 2 fully saturated rings. The summed E-state index contributed by atoms with van der Waals surface area (Å²) in [5, 5.41) is 12.6. The Kier molecular flexibility index (Phi) is 4.80. The van der Waals surface area contributed by atoms with Gasteiger partial charge in [-0.15, -0.1) is 15.3 Å². The molecule has 4 heterocycles. The zero-order valence-electron chi connectivity index (χ0n) is 15.0. The van der Waals surface area contributed by atoms with Crippen LogP contribution >= 0.6 is 0 Å². The van der Waals surface area contributed by atoms with Crippen molar-refractivity contribution in [3.8, 4) is 0 Å². The van der Waals surface area contributed by atoms with Crippen LogP contribution in [0.3, 0.4) is 0 Å². The maximum Gasteiger partial charge on any atom is 0.279 e. The second-order valence-electron chi connectivity index (χ2n) is 7.15. The number of nitrogens with zero attached hydrogens (tertiary/aromatic N) is 6. The average molecular weight is 379 g/mol. The molecule has 0 atom stereocenters. The summed E-state index contributed by atoms with van der Waals surface area (Å²) < 4.78 is 31.0. The van der Waals surface area contributed by atoms with Crippen molar-refractivity contribution in [1.82, 2.24) is 28.8 Å². The highest BCUT2D eigenvalue weighted by atomic mass is 32.2. The van der Waals surface area contributed by atoms with Gasteiger partial charge in [-0.1, -0.05) is 12.8 Å². The van der Waals surface area contributed by atoms with Crippen LogP contribution in [0.25, 0.3) is 5.65 Å². The molecule has 26 heavy (non-hydrogen) atoms. The second kappa shape index (κ2) is 7.09. The summed E-state index contributed by atoms with van der Waals surface area (Å²) in [6.07, 6.45) is 4.14. The van der Waals surface area contributed by atoms with Gasteiger partial charge in [-0.2, -0.15) is 17.2 Å². The molecule has 0 amide bonds. The van der Waals surface area contributed by atoms with Gasteiger partial charge in [0.15, 0.2) is 11.5 Å². The monoisotopic (exact) mass is 379 g/mol. The van der Waals surface area contributed by atoms with Gasteiger partial charge >= 0.3 is 0 Å². The maximum atomic E-state index is 12.5. The minimum absolute atomic E-state index is 0.302. The van der Waals surface area contributed by atoms with Crippen molar-refractivity contribution in [3.05, 3.63) is 18.0 Å². The summed E-state index contributed by atoms with van der Waals surface area (Å²) in [5.74, 6) is 1.92. The zero-order chi connectivity index (χ0) is 18.1. The van der Waals surface area contributed by atoms with Crippen LogP contribution in [0.5, 0.6) is 0 Å². The van der Waals surface area contributed by atoms with Gasteiger partial charge in [-0.05, 0) is 31.9 Å². The van der Waals surface area contributed by atoms with Crippen molar-refractivity contribution < 1.29 is 8.42 Å². The molecular formula is C16H25N7O2S. The van der Waals surface area contributed by atoms with E-state index in [4.69, 9.17) is 0 Å². The second-order valence-corrected chi connectivity index (χ2v) is 8.90. The quantitative estimate of drug-likeness (QED) is 0.816. The van der Waals surface area contributed by atoms with Gasteiger partial charge < -0.3 is 4.90 Å². The van der Waals surface area contributed by atoms with E-state index in [1.54, 1.807) is 8.82 Å². The molecule has 0 unspecified atom stereocenters. The molecule has 0 aliphatic carbocycles. The lowest BCUT2D eigenvalue weighted by Gasteiger charge is -2.40. The molecule has 0 saturated carbocycles. The highest BCUT2D eigenvalue weighted by molar-refractivity contribution is 7.87. The maximum absolute atomic E-state index is 12.5. The van der Waals surface area contributed by atoms with Gasteiger partial charge in [0.1, 0.15) is 5.82 Å². The number of aryl methyl sites for hydroxylation is 1. The fraction of sp³-hybridized carbons (Fsp3) is 0.688. The first-order valence-corrected chi connectivity index (χ1v) is 10.7. The van der Waals surface area contributed by atoms with Crippen molar-refractivity contribution >= 4 is 21.7 Å². The molecule has 142 valence electrons. The number of fused-ring (bicyclic) bond motifs is 1. The first-order valence-electron chi connectivity index (χ1n) is 9.22. The van der Waals surface area contributed by atoms with Gasteiger partial charge in [-0.25, -0.2) is 4.72 Å². The first kappa shape index (κ1) is 17.6. The van der Waals surface area contributed by atoms with E-state index in [9.17, 15) is 8.42 Å². The average Bonchev–Trinajstić information content (AvgIpc) is 2.80. The van der Waals surface area contributed by atoms with E-state index in [0.717, 1.165) is 56.1 Å². The summed E-state index contributed by atoms with van der Waals surface area (Å²) in [6, 6.07) is 3.83. The van der Waals surface area contributed by atoms with Gasteiger partial charge in [-0.3, -0.25) is 0 Å². The molecule has 9 nitrogen and oxygen atoms in total. The Labute approximate surface area is 153 Å². The van der Waals surface area contributed by atoms with Crippen molar-refractivity contribution in [3.63, 3.8) is 0 Å². The van der Waals surface area contributed by atoms with Crippen LogP contribution in [-0.2, 0) is 10.2 Å². The van der Waals surface area contributed by atoms with Crippen molar-refractivity contribution in [2.75, 3.05) is 37.6 Å². The minimum Gasteiger partial charge on any atom is -0.354 e. The van der Waals surface area contributed by atoms with Crippen molar-refractivity contribution in [2.24, 2.45) is 5.92 Å². The van der Waals surface area contributed by atoms with Crippen molar-refractivity contribution in [2.45, 2.75) is 32.6 Å². The van der Waals surface area contributed by atoms with Crippen LogP contribution in [0.4, 0.5) is 5.82 Å². The van der Waals surface area contributed by atoms with Crippen LogP contribution in [0.2, 0.25) is 0 Å². The van der Waals surface area contributed by atoms with Crippen LogP contribution in [0.1, 0.15) is 31.5 Å². The molecule has 10 heteroatoms. The lowest BCUT2D eigenvalue weighted by molar-refractivity contribution is 0.380. The van der Waals surface area contributed by atoms with E-state index >= 15 is 0 Å². The molecule has 2 aliphatic rings. The molecule has 2 aromatic heterocycles. The smallest absolute Gasteiger partial charge is 0.279 e. The standard InChI is InChI=1S/C16H25N7O2S/c1-13-18-19-15-6-7-16(20-23(13)15)21-11-14(12-21)10-17-26(24,25)22-8-4-2-3-5-9-22/h6-7,14,17H,2-5,8-12H2,1H3. The van der Waals surface area contributed by atoms with Crippen LogP contribution < -0.4 is 9.62 Å². The summed E-state index contributed by atoms with van der Waals surface area (Å²) in [4.78, 5) is 2.14. The van der Waals surface area contributed by atoms with E-state index in [0.29, 0.717) is 25.6 Å². The SMILES string of the molecule is Cc1nnc2ccc(N3CC(CNS(=O)(=O)N4CCCCCC4)C3)nn12. The Hall–Kier alpha value is -1.78. The lowest BCUT2D eigenvalue weighted by atomic mass is 10.0. The highest BCUT2D eigenvalue weighted by Crippen LogP contribution is 2.23.